The second kappa shape index (κ2) is 14.9. The molecule has 158 valence electrons. The molecule has 0 bridgehead atoms. The number of unbranched alkanes of at least 4 members (excludes halogenated alkanes) is 12. The molecule has 2 atom stereocenters. The van der Waals surface area contributed by atoms with Crippen molar-refractivity contribution in [2.24, 2.45) is 0 Å². The minimum absolute atomic E-state index is 0.0370. The predicted molar refractivity (Wildman–Crippen MR) is 108 cm³/mol. The third kappa shape index (κ3) is 10.1. The Bertz CT molecular complexity index is 413. The number of aliphatic hydroxyl groups excluding tert-OH is 1. The van der Waals surface area contributed by atoms with E-state index in [1.807, 2.05) is 0 Å². The van der Waals surface area contributed by atoms with Crippen LogP contribution >= 0.6 is 0 Å². The molecule has 0 aromatic heterocycles. The van der Waals surface area contributed by atoms with Crippen molar-refractivity contribution in [1.82, 2.24) is 4.90 Å². The highest BCUT2D eigenvalue weighted by Crippen LogP contribution is 2.21. The maximum atomic E-state index is 12.3. The van der Waals surface area contributed by atoms with Gasteiger partial charge in [-0.15, -0.1) is 0 Å². The summed E-state index contributed by atoms with van der Waals surface area (Å²) in [5.74, 6) is -0.463. The molecule has 1 amide bonds. The van der Waals surface area contributed by atoms with Crippen LogP contribution in [0.2, 0.25) is 0 Å². The maximum Gasteiger partial charge on any atom is 0.328 e. The second-order valence-electron chi connectivity index (χ2n) is 7.97. The van der Waals surface area contributed by atoms with Crippen LogP contribution in [0.1, 0.15) is 103 Å². The highest BCUT2D eigenvalue weighted by Gasteiger charge is 2.39. The van der Waals surface area contributed by atoms with Gasteiger partial charge < -0.3 is 14.7 Å². The molecule has 5 heteroatoms. The number of carbonyl (C=O) groups excluding carboxylic acids is 2. The molecule has 0 spiro atoms. The standard InChI is InChI=1S/C22H41NO4/c1-3-4-5-6-7-8-9-10-11-12-13-14-15-16-21(25)23-18-19(24)17-20(23)22(26)27-2/h19-20,24H,3-18H2,1-2H3/t19-,20-/m0/s1. The summed E-state index contributed by atoms with van der Waals surface area (Å²) in [6.07, 6.45) is 16.7. The van der Waals surface area contributed by atoms with E-state index in [9.17, 15) is 14.7 Å². The van der Waals surface area contributed by atoms with Gasteiger partial charge in [-0.05, 0) is 6.42 Å². The lowest BCUT2D eigenvalue weighted by atomic mass is 10.0. The molecule has 0 aliphatic carbocycles. The van der Waals surface area contributed by atoms with Crippen molar-refractivity contribution in [2.45, 2.75) is 115 Å². The molecular formula is C22H41NO4. The molecule has 0 radical (unpaired) electrons. The molecule has 1 heterocycles. The summed E-state index contributed by atoms with van der Waals surface area (Å²) in [5.41, 5.74) is 0. The van der Waals surface area contributed by atoms with Gasteiger partial charge in [0.1, 0.15) is 6.04 Å². The number of ether oxygens (including phenoxy) is 1. The molecule has 1 aliphatic heterocycles. The van der Waals surface area contributed by atoms with Crippen LogP contribution in [-0.4, -0.2) is 47.7 Å². The van der Waals surface area contributed by atoms with Gasteiger partial charge in [0.15, 0.2) is 0 Å². The minimum Gasteiger partial charge on any atom is -0.467 e. The molecule has 1 saturated heterocycles. The number of amides is 1. The summed E-state index contributed by atoms with van der Waals surface area (Å²) >= 11 is 0. The van der Waals surface area contributed by atoms with E-state index in [1.165, 1.54) is 82.6 Å². The Morgan fingerprint density at radius 3 is 1.85 bits per heavy atom. The molecule has 0 saturated carbocycles. The van der Waals surface area contributed by atoms with Crippen LogP contribution in [0.3, 0.4) is 0 Å². The van der Waals surface area contributed by atoms with Gasteiger partial charge in [0.2, 0.25) is 5.91 Å². The third-order valence-corrected chi connectivity index (χ3v) is 5.57. The molecule has 0 aromatic carbocycles. The molecular weight excluding hydrogens is 342 g/mol. The summed E-state index contributed by atoms with van der Waals surface area (Å²) in [7, 11) is 1.32. The molecule has 1 aliphatic rings. The third-order valence-electron chi connectivity index (χ3n) is 5.57. The Hall–Kier alpha value is -1.10. The lowest BCUT2D eigenvalue weighted by molar-refractivity contribution is -0.151. The molecule has 5 nitrogen and oxygen atoms in total. The van der Waals surface area contributed by atoms with E-state index < -0.39 is 18.1 Å². The van der Waals surface area contributed by atoms with Gasteiger partial charge in [0.05, 0.1) is 13.2 Å². The van der Waals surface area contributed by atoms with Gasteiger partial charge in [0, 0.05) is 19.4 Å². The van der Waals surface area contributed by atoms with Gasteiger partial charge >= 0.3 is 5.97 Å². The van der Waals surface area contributed by atoms with E-state index in [0.29, 0.717) is 6.42 Å². The number of aliphatic hydroxyl groups is 1. The average Bonchev–Trinajstić information content (AvgIpc) is 3.06. The van der Waals surface area contributed by atoms with Gasteiger partial charge in [-0.1, -0.05) is 84.0 Å². The molecule has 1 fully saturated rings. The van der Waals surface area contributed by atoms with Crippen molar-refractivity contribution in [1.29, 1.82) is 0 Å². The monoisotopic (exact) mass is 383 g/mol. The summed E-state index contributed by atoms with van der Waals surface area (Å²) in [6.45, 7) is 2.50. The van der Waals surface area contributed by atoms with Gasteiger partial charge in [-0.25, -0.2) is 4.79 Å². The van der Waals surface area contributed by atoms with Crippen molar-refractivity contribution in [2.75, 3.05) is 13.7 Å². The molecule has 0 unspecified atom stereocenters. The Kier molecular flexibility index (Phi) is 13.2. The number of methoxy groups -OCH3 is 1. The lowest BCUT2D eigenvalue weighted by Crippen LogP contribution is -2.41. The number of β-amino-alcohol motifs (C(OH)–C–C–N with tert-alkyl or cyclic N) is 1. The van der Waals surface area contributed by atoms with Crippen molar-refractivity contribution in [3.8, 4) is 0 Å². The van der Waals surface area contributed by atoms with Crippen molar-refractivity contribution in [3.63, 3.8) is 0 Å². The van der Waals surface area contributed by atoms with Gasteiger partial charge in [0.25, 0.3) is 0 Å². The first kappa shape index (κ1) is 23.9. The maximum absolute atomic E-state index is 12.3. The normalized spacial score (nSPS) is 19.4. The fourth-order valence-electron chi connectivity index (χ4n) is 3.89. The summed E-state index contributed by atoms with van der Waals surface area (Å²) in [5, 5.41) is 9.75. The van der Waals surface area contributed by atoms with E-state index in [0.717, 1.165) is 12.8 Å². The van der Waals surface area contributed by atoms with Crippen LogP contribution in [-0.2, 0) is 14.3 Å². The van der Waals surface area contributed by atoms with Crippen molar-refractivity contribution >= 4 is 11.9 Å². The number of rotatable bonds is 15. The largest absolute Gasteiger partial charge is 0.467 e. The van der Waals surface area contributed by atoms with Crippen molar-refractivity contribution in [3.05, 3.63) is 0 Å². The number of likely N-dealkylation sites (tertiary alicyclic amines) is 1. The van der Waals surface area contributed by atoms with Gasteiger partial charge in [-0.2, -0.15) is 0 Å². The Balaban J connectivity index is 1.98. The first-order valence-electron chi connectivity index (χ1n) is 11.2. The second-order valence-corrected chi connectivity index (χ2v) is 7.97. The van der Waals surface area contributed by atoms with Crippen LogP contribution < -0.4 is 0 Å². The number of hydrogen-bond donors (Lipinski definition) is 1. The fraction of sp³-hybridized carbons (Fsp3) is 0.909. The van der Waals surface area contributed by atoms with E-state index in [1.54, 1.807) is 0 Å². The molecule has 1 rings (SSSR count). The quantitative estimate of drug-likeness (QED) is 0.331. The molecule has 27 heavy (non-hydrogen) atoms. The summed E-state index contributed by atoms with van der Waals surface area (Å²) < 4.78 is 4.74. The van der Waals surface area contributed by atoms with Crippen LogP contribution in [0.5, 0.6) is 0 Å². The Morgan fingerprint density at radius 1 is 0.889 bits per heavy atom. The van der Waals surface area contributed by atoms with E-state index in [-0.39, 0.29) is 18.9 Å². The number of esters is 1. The first-order valence-corrected chi connectivity index (χ1v) is 11.2. The average molecular weight is 384 g/mol. The zero-order valence-corrected chi connectivity index (χ0v) is 17.6. The number of nitrogens with zero attached hydrogens (tertiary/aromatic N) is 1. The predicted octanol–water partition coefficient (Wildman–Crippen LogP) is 4.60. The first-order chi connectivity index (χ1) is 13.1. The highest BCUT2D eigenvalue weighted by atomic mass is 16.5. The van der Waals surface area contributed by atoms with Crippen LogP contribution in [0.15, 0.2) is 0 Å². The van der Waals surface area contributed by atoms with Crippen molar-refractivity contribution < 1.29 is 19.4 Å². The SMILES string of the molecule is CCCCCCCCCCCCCCCC(=O)N1C[C@@H](O)C[C@H]1C(=O)OC. The minimum atomic E-state index is -0.621. The zero-order chi connectivity index (χ0) is 19.9. The Morgan fingerprint density at radius 2 is 1.37 bits per heavy atom. The summed E-state index contributed by atoms with van der Waals surface area (Å²) in [4.78, 5) is 25.6. The number of carbonyl (C=O) groups is 2. The van der Waals surface area contributed by atoms with Crippen LogP contribution in [0.25, 0.3) is 0 Å². The van der Waals surface area contributed by atoms with Crippen LogP contribution in [0.4, 0.5) is 0 Å². The molecule has 0 aromatic rings. The zero-order valence-electron chi connectivity index (χ0n) is 17.6. The highest BCUT2D eigenvalue weighted by molar-refractivity contribution is 5.85. The molecule has 1 N–H and O–H groups in total. The lowest BCUT2D eigenvalue weighted by Gasteiger charge is -2.22. The smallest absolute Gasteiger partial charge is 0.328 e. The van der Waals surface area contributed by atoms with Crippen LogP contribution in [0, 0.1) is 0 Å². The summed E-state index contributed by atoms with van der Waals surface area (Å²) in [6, 6.07) is -0.612. The van der Waals surface area contributed by atoms with E-state index in [4.69, 9.17) is 4.74 Å². The van der Waals surface area contributed by atoms with E-state index >= 15 is 0 Å². The number of hydrogen-bond acceptors (Lipinski definition) is 4. The fourth-order valence-corrected chi connectivity index (χ4v) is 3.89. The Labute approximate surface area is 165 Å². The topological polar surface area (TPSA) is 66.8 Å². The van der Waals surface area contributed by atoms with Gasteiger partial charge in [-0.3, -0.25) is 4.79 Å². The van der Waals surface area contributed by atoms with E-state index in [2.05, 4.69) is 6.92 Å².